The van der Waals surface area contributed by atoms with E-state index in [4.69, 9.17) is 4.74 Å². The van der Waals surface area contributed by atoms with Crippen molar-refractivity contribution in [3.63, 3.8) is 0 Å². The molecule has 3 unspecified atom stereocenters. The molecule has 1 nitrogen and oxygen atoms in total. The summed E-state index contributed by atoms with van der Waals surface area (Å²) in [6.07, 6.45) is 12.1. The molecule has 15 heavy (non-hydrogen) atoms. The van der Waals surface area contributed by atoms with Crippen molar-refractivity contribution >= 4 is 22.6 Å². The van der Waals surface area contributed by atoms with Crippen molar-refractivity contribution in [1.29, 1.82) is 0 Å². The Kier molecular flexibility index (Phi) is 4.74. The molecule has 0 aromatic rings. The van der Waals surface area contributed by atoms with Crippen LogP contribution in [0.3, 0.4) is 0 Å². The molecule has 2 heteroatoms. The Balaban J connectivity index is 1.81. The fourth-order valence-corrected chi connectivity index (χ4v) is 3.75. The zero-order valence-corrected chi connectivity index (χ0v) is 11.9. The highest BCUT2D eigenvalue weighted by Crippen LogP contribution is 2.36. The second-order valence-corrected chi connectivity index (χ2v) is 6.71. The van der Waals surface area contributed by atoms with Crippen LogP contribution in [0.15, 0.2) is 0 Å². The zero-order valence-electron chi connectivity index (χ0n) is 9.75. The Morgan fingerprint density at radius 3 is 2.40 bits per heavy atom. The molecule has 0 N–H and O–H groups in total. The third-order valence-corrected chi connectivity index (χ3v) is 5.47. The molecule has 2 aliphatic carbocycles. The quantitative estimate of drug-likeness (QED) is 0.553. The number of alkyl halides is 1. The van der Waals surface area contributed by atoms with Gasteiger partial charge in [-0.1, -0.05) is 48.8 Å². The Morgan fingerprint density at radius 1 is 1.13 bits per heavy atom. The van der Waals surface area contributed by atoms with Crippen molar-refractivity contribution in [2.45, 2.75) is 74.4 Å². The normalized spacial score (nSPS) is 34.8. The monoisotopic (exact) mass is 322 g/mol. The molecule has 2 fully saturated rings. The number of hydrogen-bond acceptors (Lipinski definition) is 1. The average molecular weight is 322 g/mol. The molecule has 0 spiro atoms. The minimum absolute atomic E-state index is 0.560. The first kappa shape index (κ1) is 12.2. The molecule has 2 rings (SSSR count). The fraction of sp³-hybridized carbons (Fsp3) is 1.00. The average Bonchev–Trinajstić information content (AvgIpc) is 2.17. The van der Waals surface area contributed by atoms with E-state index in [1.165, 1.54) is 51.4 Å². The van der Waals surface area contributed by atoms with E-state index in [0.717, 1.165) is 9.84 Å². The highest BCUT2D eigenvalue weighted by Gasteiger charge is 2.31. The van der Waals surface area contributed by atoms with Crippen LogP contribution in [0.4, 0.5) is 0 Å². The lowest BCUT2D eigenvalue weighted by molar-refractivity contribution is -0.0702. The molecule has 2 saturated carbocycles. The third-order valence-electron chi connectivity index (χ3n) is 4.05. The zero-order chi connectivity index (χ0) is 10.7. The van der Waals surface area contributed by atoms with Crippen molar-refractivity contribution in [1.82, 2.24) is 0 Å². The van der Waals surface area contributed by atoms with Gasteiger partial charge in [0.2, 0.25) is 0 Å². The first-order chi connectivity index (χ1) is 7.31. The van der Waals surface area contributed by atoms with Crippen LogP contribution in [0.1, 0.15) is 58.3 Å². The second-order valence-electron chi connectivity index (χ2n) is 5.11. The molecule has 0 amide bonds. The SMILES string of the molecule is CCC(OC1CCCCC1I)C1CCC1. The fourth-order valence-electron chi connectivity index (χ4n) is 2.78. The number of rotatable bonds is 4. The molecule has 0 aromatic heterocycles. The lowest BCUT2D eigenvalue weighted by Gasteiger charge is -2.38. The van der Waals surface area contributed by atoms with E-state index in [1.54, 1.807) is 0 Å². The minimum Gasteiger partial charge on any atom is -0.374 e. The van der Waals surface area contributed by atoms with Crippen molar-refractivity contribution in [3.05, 3.63) is 0 Å². The van der Waals surface area contributed by atoms with Crippen LogP contribution in [0, 0.1) is 5.92 Å². The molecule has 0 aromatic carbocycles. The highest BCUT2D eigenvalue weighted by atomic mass is 127. The van der Waals surface area contributed by atoms with E-state index in [-0.39, 0.29) is 0 Å². The topological polar surface area (TPSA) is 9.23 Å². The second kappa shape index (κ2) is 5.85. The predicted octanol–water partition coefficient (Wildman–Crippen LogP) is 4.33. The lowest BCUT2D eigenvalue weighted by Crippen LogP contribution is -2.37. The molecule has 2 aliphatic rings. The molecule has 0 aliphatic heterocycles. The standard InChI is InChI=1S/C13H23IO/c1-2-12(10-6-5-7-10)15-13-9-4-3-8-11(13)14/h10-13H,2-9H2,1H3. The number of hydrogen-bond donors (Lipinski definition) is 0. The summed E-state index contributed by atoms with van der Waals surface area (Å²) in [6.45, 7) is 2.29. The summed E-state index contributed by atoms with van der Waals surface area (Å²) in [5.41, 5.74) is 0. The van der Waals surface area contributed by atoms with Crippen molar-refractivity contribution < 1.29 is 4.74 Å². The lowest BCUT2D eigenvalue weighted by atomic mass is 9.80. The van der Waals surface area contributed by atoms with E-state index in [2.05, 4.69) is 29.5 Å². The van der Waals surface area contributed by atoms with Gasteiger partial charge in [0.1, 0.15) is 0 Å². The van der Waals surface area contributed by atoms with E-state index >= 15 is 0 Å². The van der Waals surface area contributed by atoms with E-state index in [1.807, 2.05) is 0 Å². The first-order valence-electron chi connectivity index (χ1n) is 6.60. The van der Waals surface area contributed by atoms with Crippen LogP contribution in [0.5, 0.6) is 0 Å². The minimum atomic E-state index is 0.560. The summed E-state index contributed by atoms with van der Waals surface area (Å²) in [6, 6.07) is 0. The van der Waals surface area contributed by atoms with Crippen LogP contribution in [0.25, 0.3) is 0 Å². The summed E-state index contributed by atoms with van der Waals surface area (Å²) in [5.74, 6) is 0.889. The molecular weight excluding hydrogens is 299 g/mol. The Bertz CT molecular complexity index is 189. The third kappa shape index (κ3) is 3.09. The van der Waals surface area contributed by atoms with Gasteiger partial charge in [0, 0.05) is 3.92 Å². The van der Waals surface area contributed by atoms with Crippen LogP contribution in [0.2, 0.25) is 0 Å². The van der Waals surface area contributed by atoms with Crippen molar-refractivity contribution in [2.75, 3.05) is 0 Å². The Labute approximate surface area is 107 Å². The van der Waals surface area contributed by atoms with Crippen LogP contribution < -0.4 is 0 Å². The van der Waals surface area contributed by atoms with Gasteiger partial charge in [-0.05, 0) is 38.0 Å². The van der Waals surface area contributed by atoms with Crippen LogP contribution in [-0.2, 0) is 4.74 Å². The van der Waals surface area contributed by atoms with Gasteiger partial charge in [-0.15, -0.1) is 0 Å². The maximum Gasteiger partial charge on any atom is 0.0696 e. The maximum atomic E-state index is 6.35. The number of ether oxygens (including phenoxy) is 1. The van der Waals surface area contributed by atoms with Gasteiger partial charge in [-0.3, -0.25) is 0 Å². The summed E-state index contributed by atoms with van der Waals surface area (Å²) >= 11 is 2.60. The maximum absolute atomic E-state index is 6.35. The molecule has 0 bridgehead atoms. The summed E-state index contributed by atoms with van der Waals surface area (Å²) in [7, 11) is 0. The van der Waals surface area contributed by atoms with Gasteiger partial charge in [0.05, 0.1) is 12.2 Å². The summed E-state index contributed by atoms with van der Waals surface area (Å²) < 4.78 is 7.12. The van der Waals surface area contributed by atoms with E-state index < -0.39 is 0 Å². The van der Waals surface area contributed by atoms with Crippen LogP contribution >= 0.6 is 22.6 Å². The Morgan fingerprint density at radius 2 is 1.87 bits per heavy atom. The largest absolute Gasteiger partial charge is 0.374 e. The predicted molar refractivity (Wildman–Crippen MR) is 72.6 cm³/mol. The molecule has 0 heterocycles. The molecule has 3 atom stereocenters. The van der Waals surface area contributed by atoms with E-state index in [9.17, 15) is 0 Å². The highest BCUT2D eigenvalue weighted by molar-refractivity contribution is 14.1. The van der Waals surface area contributed by atoms with Gasteiger partial charge in [-0.2, -0.15) is 0 Å². The molecule has 0 radical (unpaired) electrons. The van der Waals surface area contributed by atoms with E-state index in [0.29, 0.717) is 12.2 Å². The summed E-state index contributed by atoms with van der Waals surface area (Å²) in [5, 5.41) is 0. The molecule has 0 saturated heterocycles. The van der Waals surface area contributed by atoms with Gasteiger partial charge in [0.25, 0.3) is 0 Å². The Hall–Kier alpha value is 0.690. The first-order valence-corrected chi connectivity index (χ1v) is 7.85. The van der Waals surface area contributed by atoms with Gasteiger partial charge < -0.3 is 4.74 Å². The van der Waals surface area contributed by atoms with Gasteiger partial charge >= 0.3 is 0 Å². The van der Waals surface area contributed by atoms with Gasteiger partial charge in [-0.25, -0.2) is 0 Å². The smallest absolute Gasteiger partial charge is 0.0696 e. The van der Waals surface area contributed by atoms with Crippen molar-refractivity contribution in [3.8, 4) is 0 Å². The van der Waals surface area contributed by atoms with Gasteiger partial charge in [0.15, 0.2) is 0 Å². The summed E-state index contributed by atoms with van der Waals surface area (Å²) in [4.78, 5) is 0. The molecular formula is C13H23IO. The molecule has 88 valence electrons. The van der Waals surface area contributed by atoms with Crippen LogP contribution in [-0.4, -0.2) is 16.1 Å². The number of halogens is 1. The van der Waals surface area contributed by atoms with Crippen molar-refractivity contribution in [2.24, 2.45) is 5.92 Å².